The van der Waals surface area contributed by atoms with E-state index in [9.17, 15) is 13.9 Å². The van der Waals surface area contributed by atoms with E-state index in [-0.39, 0.29) is 5.56 Å². The number of hydrogen-bond donors (Lipinski definition) is 1. The van der Waals surface area contributed by atoms with Gasteiger partial charge in [-0.3, -0.25) is 0 Å². The van der Waals surface area contributed by atoms with Crippen LogP contribution < -0.4 is 0 Å². The minimum atomic E-state index is -1.28. The third-order valence-corrected chi connectivity index (χ3v) is 4.62. The van der Waals surface area contributed by atoms with E-state index in [2.05, 4.69) is 6.92 Å². The van der Waals surface area contributed by atoms with Gasteiger partial charge < -0.3 is 9.84 Å². The van der Waals surface area contributed by atoms with Gasteiger partial charge in [0.2, 0.25) is 0 Å². The summed E-state index contributed by atoms with van der Waals surface area (Å²) in [4.78, 5) is 0. The van der Waals surface area contributed by atoms with Gasteiger partial charge >= 0.3 is 0 Å². The van der Waals surface area contributed by atoms with E-state index in [4.69, 9.17) is 4.74 Å². The van der Waals surface area contributed by atoms with Crippen molar-refractivity contribution in [1.29, 1.82) is 0 Å². The number of methoxy groups -OCH3 is 1. The van der Waals surface area contributed by atoms with Gasteiger partial charge in [-0.2, -0.15) is 0 Å². The fourth-order valence-corrected chi connectivity index (χ4v) is 3.03. The monoisotopic (exact) mass is 284 g/mol. The molecule has 1 saturated carbocycles. The normalized spacial score (nSPS) is 28.4. The molecule has 2 nitrogen and oxygen atoms in total. The molecule has 0 heterocycles. The van der Waals surface area contributed by atoms with Gasteiger partial charge in [0.25, 0.3) is 0 Å². The standard InChI is InChI=1S/C16H22F2O2/c1-10-6-8-16(20-3,9-7-10)15(19)13-12(17)5-4-11(2)14(13)18/h4-5,10,15,19H,6-9H2,1-3H3. The highest BCUT2D eigenvalue weighted by Gasteiger charge is 2.43. The molecule has 0 saturated heterocycles. The van der Waals surface area contributed by atoms with Crippen molar-refractivity contribution in [2.45, 2.75) is 51.2 Å². The van der Waals surface area contributed by atoms with E-state index in [0.717, 1.165) is 12.8 Å². The van der Waals surface area contributed by atoms with Gasteiger partial charge in [-0.15, -0.1) is 0 Å². The highest BCUT2D eigenvalue weighted by Crippen LogP contribution is 2.44. The fourth-order valence-electron chi connectivity index (χ4n) is 3.03. The maximum atomic E-state index is 14.2. The Morgan fingerprint density at radius 3 is 2.45 bits per heavy atom. The van der Waals surface area contributed by atoms with Gasteiger partial charge in [-0.05, 0) is 50.2 Å². The van der Waals surface area contributed by atoms with Gasteiger partial charge in [0.1, 0.15) is 17.7 Å². The second kappa shape index (κ2) is 5.78. The molecular weight excluding hydrogens is 262 g/mol. The number of rotatable bonds is 3. The summed E-state index contributed by atoms with van der Waals surface area (Å²) >= 11 is 0. The van der Waals surface area contributed by atoms with Crippen molar-refractivity contribution in [3.8, 4) is 0 Å². The third kappa shape index (κ3) is 2.59. The minimum Gasteiger partial charge on any atom is -0.385 e. The molecule has 1 atom stereocenters. The number of aliphatic hydroxyl groups excluding tert-OH is 1. The van der Waals surface area contributed by atoms with Gasteiger partial charge in [0.15, 0.2) is 0 Å². The maximum absolute atomic E-state index is 14.2. The summed E-state index contributed by atoms with van der Waals surface area (Å²) in [7, 11) is 1.50. The van der Waals surface area contributed by atoms with Crippen LogP contribution in [-0.2, 0) is 4.74 Å². The molecule has 0 spiro atoms. The number of aryl methyl sites for hydroxylation is 1. The molecule has 112 valence electrons. The van der Waals surface area contributed by atoms with Crippen molar-refractivity contribution in [3.05, 3.63) is 34.9 Å². The van der Waals surface area contributed by atoms with E-state index in [1.807, 2.05) is 0 Å². The number of benzene rings is 1. The zero-order chi connectivity index (χ0) is 14.9. The minimum absolute atomic E-state index is 0.263. The Morgan fingerprint density at radius 1 is 1.30 bits per heavy atom. The summed E-state index contributed by atoms with van der Waals surface area (Å²) in [6.07, 6.45) is 1.72. The molecule has 1 fully saturated rings. The molecule has 1 N–H and O–H groups in total. The molecule has 1 aliphatic carbocycles. The van der Waals surface area contributed by atoms with E-state index in [1.165, 1.54) is 19.2 Å². The average Bonchev–Trinajstić information content (AvgIpc) is 2.44. The second-order valence-corrected chi connectivity index (χ2v) is 5.95. The molecule has 4 heteroatoms. The van der Waals surface area contributed by atoms with Crippen LogP contribution in [0.1, 0.15) is 49.8 Å². The Kier molecular flexibility index (Phi) is 4.45. The van der Waals surface area contributed by atoms with Crippen LogP contribution in [0.25, 0.3) is 0 Å². The Balaban J connectivity index is 2.39. The lowest BCUT2D eigenvalue weighted by Gasteiger charge is -2.42. The van der Waals surface area contributed by atoms with Crippen LogP contribution in [0.3, 0.4) is 0 Å². The summed E-state index contributed by atoms with van der Waals surface area (Å²) in [5.41, 5.74) is -0.820. The van der Waals surface area contributed by atoms with Crippen molar-refractivity contribution in [3.63, 3.8) is 0 Å². The van der Waals surface area contributed by atoms with Crippen LogP contribution in [0.15, 0.2) is 12.1 Å². The lowest BCUT2D eigenvalue weighted by molar-refractivity contribution is -0.132. The van der Waals surface area contributed by atoms with Crippen LogP contribution in [0, 0.1) is 24.5 Å². The first-order valence-corrected chi connectivity index (χ1v) is 7.09. The molecule has 0 aromatic heterocycles. The largest absolute Gasteiger partial charge is 0.385 e. The van der Waals surface area contributed by atoms with Crippen LogP contribution in [0.2, 0.25) is 0 Å². The Morgan fingerprint density at radius 2 is 1.90 bits per heavy atom. The quantitative estimate of drug-likeness (QED) is 0.912. The van der Waals surface area contributed by atoms with E-state index in [0.29, 0.717) is 24.3 Å². The zero-order valence-electron chi connectivity index (χ0n) is 12.2. The van der Waals surface area contributed by atoms with E-state index in [1.54, 1.807) is 6.92 Å². The van der Waals surface area contributed by atoms with E-state index < -0.39 is 23.3 Å². The predicted octanol–water partition coefficient (Wildman–Crippen LogP) is 3.90. The van der Waals surface area contributed by atoms with Crippen LogP contribution >= 0.6 is 0 Å². The average molecular weight is 284 g/mol. The topological polar surface area (TPSA) is 29.5 Å². The molecule has 1 aromatic rings. The van der Waals surface area contributed by atoms with Gasteiger partial charge in [0, 0.05) is 7.11 Å². The van der Waals surface area contributed by atoms with Crippen LogP contribution in [-0.4, -0.2) is 17.8 Å². The Bertz CT molecular complexity index is 480. The molecule has 1 unspecified atom stereocenters. The highest BCUT2D eigenvalue weighted by atomic mass is 19.1. The lowest BCUT2D eigenvalue weighted by atomic mass is 9.74. The number of ether oxygens (including phenoxy) is 1. The summed E-state index contributed by atoms with van der Waals surface area (Å²) in [6, 6.07) is 2.58. The van der Waals surface area contributed by atoms with Crippen molar-refractivity contribution in [2.75, 3.05) is 7.11 Å². The third-order valence-electron chi connectivity index (χ3n) is 4.62. The lowest BCUT2D eigenvalue weighted by Crippen LogP contribution is -2.42. The molecule has 0 aliphatic heterocycles. The number of hydrogen-bond acceptors (Lipinski definition) is 2. The van der Waals surface area contributed by atoms with Gasteiger partial charge in [-0.1, -0.05) is 13.0 Å². The summed E-state index contributed by atoms with van der Waals surface area (Å²) in [5.74, 6) is -0.833. The molecule has 20 heavy (non-hydrogen) atoms. The Labute approximate surface area is 118 Å². The Hall–Kier alpha value is -1.00. The number of aliphatic hydroxyl groups is 1. The first-order chi connectivity index (χ1) is 9.41. The molecule has 1 aromatic carbocycles. The maximum Gasteiger partial charge on any atom is 0.134 e. The first-order valence-electron chi connectivity index (χ1n) is 7.09. The van der Waals surface area contributed by atoms with Gasteiger partial charge in [-0.25, -0.2) is 8.78 Å². The highest BCUT2D eigenvalue weighted by molar-refractivity contribution is 5.30. The summed E-state index contributed by atoms with van der Waals surface area (Å²) < 4.78 is 33.7. The second-order valence-electron chi connectivity index (χ2n) is 5.95. The van der Waals surface area contributed by atoms with Crippen molar-refractivity contribution < 1.29 is 18.6 Å². The summed E-state index contributed by atoms with van der Waals surface area (Å²) in [5, 5.41) is 10.6. The molecule has 0 bridgehead atoms. The van der Waals surface area contributed by atoms with Crippen molar-refractivity contribution >= 4 is 0 Å². The predicted molar refractivity (Wildman–Crippen MR) is 73.4 cm³/mol. The SMILES string of the molecule is COC1(C(O)c2c(F)ccc(C)c2F)CCC(C)CC1. The van der Waals surface area contributed by atoms with Crippen LogP contribution in [0.4, 0.5) is 8.78 Å². The van der Waals surface area contributed by atoms with Gasteiger partial charge in [0.05, 0.1) is 11.2 Å². The van der Waals surface area contributed by atoms with Crippen LogP contribution in [0.5, 0.6) is 0 Å². The zero-order valence-corrected chi connectivity index (χ0v) is 12.2. The van der Waals surface area contributed by atoms with Crippen molar-refractivity contribution in [2.24, 2.45) is 5.92 Å². The summed E-state index contributed by atoms with van der Waals surface area (Å²) in [6.45, 7) is 3.70. The van der Waals surface area contributed by atoms with Crippen molar-refractivity contribution in [1.82, 2.24) is 0 Å². The van der Waals surface area contributed by atoms with E-state index >= 15 is 0 Å². The molecule has 0 radical (unpaired) electrons. The smallest absolute Gasteiger partial charge is 0.134 e. The molecule has 1 aliphatic rings. The first kappa shape index (κ1) is 15.4. The molecular formula is C16H22F2O2. The molecule has 0 amide bonds. The molecule has 2 rings (SSSR count). The fraction of sp³-hybridized carbons (Fsp3) is 0.625. The number of halogens is 2.